The predicted octanol–water partition coefficient (Wildman–Crippen LogP) is 1.76. The van der Waals surface area contributed by atoms with Gasteiger partial charge in [-0.3, -0.25) is 14.6 Å². The fourth-order valence-electron chi connectivity index (χ4n) is 5.24. The Balaban J connectivity index is 0.000000338. The maximum Gasteiger partial charge on any atom is 0.328 e. The summed E-state index contributed by atoms with van der Waals surface area (Å²) in [4.78, 5) is 54.9. The Morgan fingerprint density at radius 1 is 0.796 bits per heavy atom. The highest BCUT2D eigenvalue weighted by Gasteiger charge is 2.49. The van der Waals surface area contributed by atoms with Crippen molar-refractivity contribution in [1.82, 2.24) is 15.1 Å². The van der Waals surface area contributed by atoms with Crippen molar-refractivity contribution in [1.29, 1.82) is 0 Å². The number of rotatable bonds is 10. The lowest BCUT2D eigenvalue weighted by Gasteiger charge is -2.35. The number of para-hydroxylation sites is 1. The summed E-state index contributed by atoms with van der Waals surface area (Å²) in [5.74, 6) is -5.04. The van der Waals surface area contributed by atoms with E-state index in [-0.39, 0.29) is 12.0 Å². The molecule has 3 aliphatic rings. The molecule has 2 fully saturated rings. The maximum atomic E-state index is 12.0. The van der Waals surface area contributed by atoms with Gasteiger partial charge < -0.3 is 40.0 Å². The van der Waals surface area contributed by atoms with Crippen LogP contribution in [-0.4, -0.2) is 119 Å². The third kappa shape index (κ3) is 12.1. The molecule has 49 heavy (non-hydrogen) atoms. The zero-order valence-corrected chi connectivity index (χ0v) is 27.0. The molecule has 0 bridgehead atoms. The van der Waals surface area contributed by atoms with E-state index in [1.54, 1.807) is 0 Å². The molecule has 1 amide bonds. The number of fused-ring (bicyclic) bond motifs is 4. The average Bonchev–Trinajstić information content (AvgIpc) is 3.44. The predicted molar refractivity (Wildman–Crippen MR) is 174 cm³/mol. The fraction of sp³-hybridized carbons (Fsp3) is 0.382. The number of nitrogens with one attached hydrogen (secondary N) is 1. The lowest BCUT2D eigenvalue weighted by Crippen LogP contribution is -2.51. The molecule has 0 radical (unpaired) electrons. The van der Waals surface area contributed by atoms with Crippen molar-refractivity contribution in [3.05, 3.63) is 89.5 Å². The van der Waals surface area contributed by atoms with Gasteiger partial charge in [0.15, 0.2) is 0 Å². The van der Waals surface area contributed by atoms with E-state index in [9.17, 15) is 24.0 Å². The molecule has 264 valence electrons. The second kappa shape index (κ2) is 19.0. The number of carbonyl (C=O) groups is 5. The minimum Gasteiger partial charge on any atom is -0.488 e. The summed E-state index contributed by atoms with van der Waals surface area (Å²) < 4.78 is 19.3. The molecule has 5 N–H and O–H groups in total. The normalized spacial score (nSPS) is 20.1. The third-order valence-corrected chi connectivity index (χ3v) is 7.40. The summed E-state index contributed by atoms with van der Waals surface area (Å²) >= 11 is 0. The van der Waals surface area contributed by atoms with Gasteiger partial charge in [-0.2, -0.15) is 0 Å². The first-order chi connectivity index (χ1) is 23.4. The van der Waals surface area contributed by atoms with E-state index < -0.39 is 29.7 Å². The number of nitrogens with zero attached hydrogens (tertiary/aromatic N) is 2. The monoisotopic (exact) mass is 683 g/mol. The number of aliphatic carboxylic acids is 4. The molecule has 2 unspecified atom stereocenters. The van der Waals surface area contributed by atoms with Crippen molar-refractivity contribution < 1.29 is 58.6 Å². The van der Waals surface area contributed by atoms with Crippen LogP contribution >= 0.6 is 0 Å². The van der Waals surface area contributed by atoms with Crippen LogP contribution in [0.25, 0.3) is 0 Å². The van der Waals surface area contributed by atoms with E-state index in [4.69, 9.17) is 34.6 Å². The highest BCUT2D eigenvalue weighted by molar-refractivity contribution is 5.90. The first-order valence-corrected chi connectivity index (χ1v) is 15.5. The Morgan fingerprint density at radius 3 is 1.90 bits per heavy atom. The van der Waals surface area contributed by atoms with E-state index in [0.29, 0.717) is 44.1 Å². The Labute approximate surface area is 283 Å². The number of amides is 1. The SMILES string of the molecule is CCCNC(=O)CN1CCN(CC2COC3(O2)c2ccccc2COc2ccccc23)CC1.O=C(O)/C=C/C(=O)O.O=C(O)/C=C/C(=O)O. The number of carboxylic acids is 4. The highest BCUT2D eigenvalue weighted by atomic mass is 16.7. The van der Waals surface area contributed by atoms with Crippen molar-refractivity contribution in [2.45, 2.75) is 31.8 Å². The van der Waals surface area contributed by atoms with Crippen molar-refractivity contribution in [3.8, 4) is 5.75 Å². The van der Waals surface area contributed by atoms with Crippen molar-refractivity contribution in [2.24, 2.45) is 0 Å². The van der Waals surface area contributed by atoms with Crippen LogP contribution in [0.15, 0.2) is 72.8 Å². The van der Waals surface area contributed by atoms with Gasteiger partial charge >= 0.3 is 23.9 Å². The maximum absolute atomic E-state index is 12.0. The molecule has 3 heterocycles. The van der Waals surface area contributed by atoms with E-state index in [1.807, 2.05) is 36.4 Å². The van der Waals surface area contributed by atoms with E-state index in [1.165, 1.54) is 0 Å². The molecular weight excluding hydrogens is 642 g/mol. The van der Waals surface area contributed by atoms with Gasteiger partial charge in [0.2, 0.25) is 11.7 Å². The topological polar surface area (TPSA) is 212 Å². The van der Waals surface area contributed by atoms with Gasteiger partial charge in [-0.25, -0.2) is 19.2 Å². The molecule has 0 aromatic heterocycles. The molecule has 0 aliphatic carbocycles. The van der Waals surface area contributed by atoms with Crippen LogP contribution in [0.5, 0.6) is 5.75 Å². The van der Waals surface area contributed by atoms with Gasteiger partial charge in [0, 0.05) is 69.1 Å². The second-order valence-corrected chi connectivity index (χ2v) is 11.1. The summed E-state index contributed by atoms with van der Waals surface area (Å²) in [6.45, 7) is 8.75. The van der Waals surface area contributed by atoms with Gasteiger partial charge in [0.05, 0.1) is 24.8 Å². The standard InChI is InChI=1S/C26H33N3O4.2C4H4O4/c1-2-11-27-25(30)17-29-14-12-28(13-15-29)16-21-19-32-26(33-21)22-8-4-3-7-20(22)18-31-24-10-6-5-9-23(24)26;2*5-3(6)1-2-4(7)8/h3-10,21H,2,11-19H2,1H3,(H,27,30);2*1-2H,(H,5,6)(H,7,8)/b;2*2-1+. The number of ether oxygens (including phenoxy) is 3. The van der Waals surface area contributed by atoms with Gasteiger partial charge in [-0.05, 0) is 24.1 Å². The van der Waals surface area contributed by atoms with Crippen LogP contribution in [0, 0.1) is 0 Å². The zero-order chi connectivity index (χ0) is 35.8. The molecule has 2 atom stereocenters. The van der Waals surface area contributed by atoms with Crippen molar-refractivity contribution >= 4 is 29.8 Å². The molecule has 15 heteroatoms. The molecule has 15 nitrogen and oxygen atoms in total. The molecule has 2 saturated heterocycles. The van der Waals surface area contributed by atoms with E-state index in [0.717, 1.165) is 68.1 Å². The van der Waals surface area contributed by atoms with E-state index in [2.05, 4.69) is 34.2 Å². The summed E-state index contributed by atoms with van der Waals surface area (Å²) in [5, 5.41) is 34.2. The van der Waals surface area contributed by atoms with Crippen molar-refractivity contribution in [2.75, 3.05) is 52.4 Å². The van der Waals surface area contributed by atoms with Crippen LogP contribution in [0.2, 0.25) is 0 Å². The van der Waals surface area contributed by atoms with Crippen LogP contribution in [-0.2, 0) is 45.8 Å². The summed E-state index contributed by atoms with van der Waals surface area (Å²) in [6.07, 6.45) is 3.16. The van der Waals surface area contributed by atoms with Gasteiger partial charge in [-0.1, -0.05) is 43.3 Å². The molecule has 2 aromatic carbocycles. The quantitative estimate of drug-likeness (QED) is 0.226. The Bertz CT molecular complexity index is 1400. The van der Waals surface area contributed by atoms with Crippen LogP contribution in [0.1, 0.15) is 30.0 Å². The average molecular weight is 684 g/mol. The molecule has 0 saturated carbocycles. The smallest absolute Gasteiger partial charge is 0.328 e. The number of carboxylic acid groups (broad SMARTS) is 4. The number of benzene rings is 2. The largest absolute Gasteiger partial charge is 0.488 e. The third-order valence-electron chi connectivity index (χ3n) is 7.40. The number of piperazine rings is 1. The molecule has 3 aliphatic heterocycles. The summed E-state index contributed by atoms with van der Waals surface area (Å²) in [7, 11) is 0. The molecule has 1 spiro atoms. The van der Waals surface area contributed by atoms with Crippen LogP contribution in [0.3, 0.4) is 0 Å². The van der Waals surface area contributed by atoms with Gasteiger partial charge in [0.1, 0.15) is 12.4 Å². The second-order valence-electron chi connectivity index (χ2n) is 11.1. The lowest BCUT2D eigenvalue weighted by atomic mass is 9.93. The first-order valence-electron chi connectivity index (χ1n) is 15.5. The molecule has 5 rings (SSSR count). The van der Waals surface area contributed by atoms with Gasteiger partial charge in [0.25, 0.3) is 0 Å². The molecular formula is C34H41N3O12. The minimum atomic E-state index is -1.26. The molecule has 2 aromatic rings. The first kappa shape index (κ1) is 38.4. The van der Waals surface area contributed by atoms with E-state index >= 15 is 0 Å². The van der Waals surface area contributed by atoms with Crippen LogP contribution in [0.4, 0.5) is 0 Å². The Hall–Kier alpha value is -5.09. The fourth-order valence-corrected chi connectivity index (χ4v) is 5.24. The summed E-state index contributed by atoms with van der Waals surface area (Å²) in [6, 6.07) is 16.3. The highest BCUT2D eigenvalue weighted by Crippen LogP contribution is 2.47. The number of carbonyl (C=O) groups excluding carboxylic acids is 1. The Kier molecular flexibility index (Phi) is 14.9. The van der Waals surface area contributed by atoms with Crippen molar-refractivity contribution in [3.63, 3.8) is 0 Å². The number of hydrogen-bond acceptors (Lipinski definition) is 10. The minimum absolute atomic E-state index is 0.0383. The summed E-state index contributed by atoms with van der Waals surface area (Å²) in [5.41, 5.74) is 3.05. The van der Waals surface area contributed by atoms with Gasteiger partial charge in [-0.15, -0.1) is 0 Å². The Morgan fingerprint density at radius 2 is 1.33 bits per heavy atom. The number of hydrogen-bond donors (Lipinski definition) is 5. The lowest BCUT2D eigenvalue weighted by molar-refractivity contribution is -0.145. The van der Waals surface area contributed by atoms with Crippen LogP contribution < -0.4 is 10.1 Å². The zero-order valence-electron chi connectivity index (χ0n) is 27.0.